The van der Waals surface area contributed by atoms with Crippen LogP contribution in [0.2, 0.25) is 0 Å². The molecule has 3 aliphatic heterocycles. The van der Waals surface area contributed by atoms with E-state index in [9.17, 15) is 55.5 Å². The maximum absolute atomic E-state index is 15.0. The largest absolute Gasteiger partial charge is 0.456 e. The predicted molar refractivity (Wildman–Crippen MR) is 247 cm³/mol. The average Bonchev–Trinajstić information content (AvgIpc) is 3.27. The molecule has 7 fully saturated rings. The Bertz CT molecular complexity index is 1940. The number of fused-ring (bicyclic) bond motifs is 7. The van der Waals surface area contributed by atoms with Crippen LogP contribution in [0.5, 0.6) is 0 Å². The lowest BCUT2D eigenvalue weighted by Crippen LogP contribution is -2.69. The molecule has 9 N–H and O–H groups in total. The first-order chi connectivity index (χ1) is 32.6. The number of esters is 2. The van der Waals surface area contributed by atoms with E-state index in [1.807, 2.05) is 13.8 Å². The second-order valence-electron chi connectivity index (χ2n) is 25.2. The molecule has 23 atom stereocenters. The van der Waals surface area contributed by atoms with Crippen LogP contribution in [-0.2, 0) is 42.7 Å². The molecule has 0 radical (unpaired) electrons. The summed E-state index contributed by atoms with van der Waals surface area (Å²) in [5.74, 6) is -1.07. The predicted octanol–water partition coefficient (Wildman–Crippen LogP) is 2.38. The Morgan fingerprint density at radius 1 is 0.714 bits per heavy atom. The fourth-order valence-electron chi connectivity index (χ4n) is 15.5. The van der Waals surface area contributed by atoms with Gasteiger partial charge in [-0.1, -0.05) is 74.0 Å². The number of ether oxygens (including phenoxy) is 7. The van der Waals surface area contributed by atoms with E-state index in [1.165, 1.54) is 5.57 Å². The molecule has 5 aliphatic carbocycles. The van der Waals surface area contributed by atoms with Gasteiger partial charge in [0.05, 0.1) is 36.9 Å². The van der Waals surface area contributed by atoms with E-state index in [4.69, 9.17) is 33.2 Å². The third-order valence-corrected chi connectivity index (χ3v) is 19.6. The quantitative estimate of drug-likeness (QED) is 0.0863. The summed E-state index contributed by atoms with van der Waals surface area (Å²) < 4.78 is 41.9. The smallest absolute Gasteiger partial charge is 0.315 e. The van der Waals surface area contributed by atoms with Crippen molar-refractivity contribution in [3.05, 3.63) is 11.6 Å². The van der Waals surface area contributed by atoms with Crippen molar-refractivity contribution in [1.82, 2.24) is 0 Å². The van der Waals surface area contributed by atoms with Crippen molar-refractivity contribution in [2.24, 2.45) is 56.2 Å². The fraction of sp³-hybridized carbons (Fsp3) is 0.923. The van der Waals surface area contributed by atoms with Gasteiger partial charge in [-0.2, -0.15) is 0 Å². The van der Waals surface area contributed by atoms with Crippen molar-refractivity contribution in [3.63, 3.8) is 0 Å². The van der Waals surface area contributed by atoms with Gasteiger partial charge < -0.3 is 79.1 Å². The second kappa shape index (κ2) is 19.4. The Labute approximate surface area is 412 Å². The zero-order chi connectivity index (χ0) is 51.4. The first kappa shape index (κ1) is 54.4. The molecule has 0 spiro atoms. The fourth-order valence-corrected chi connectivity index (χ4v) is 15.5. The summed E-state index contributed by atoms with van der Waals surface area (Å²) in [5.41, 5.74) is -1.46. The molecule has 0 amide bonds. The van der Waals surface area contributed by atoms with Gasteiger partial charge in [0, 0.05) is 6.42 Å². The van der Waals surface area contributed by atoms with Crippen LogP contribution < -0.4 is 0 Å². The topological polar surface area (TPSA) is 281 Å². The maximum atomic E-state index is 15.0. The van der Waals surface area contributed by atoms with Crippen LogP contribution in [0.25, 0.3) is 0 Å². The highest BCUT2D eigenvalue weighted by atomic mass is 16.8. The molecular formula is C52H84O18. The van der Waals surface area contributed by atoms with Gasteiger partial charge >= 0.3 is 11.9 Å². The number of allylic oxidation sites excluding steroid dienone is 2. The van der Waals surface area contributed by atoms with E-state index in [-0.39, 0.29) is 52.9 Å². The zero-order valence-corrected chi connectivity index (χ0v) is 42.8. The number of carbonyl (C=O) groups excluding carboxylic acids is 2. The van der Waals surface area contributed by atoms with E-state index >= 15 is 0 Å². The van der Waals surface area contributed by atoms with Gasteiger partial charge in [-0.05, 0) is 115 Å². The lowest BCUT2D eigenvalue weighted by atomic mass is 9.33. The minimum absolute atomic E-state index is 0.00253. The first-order valence-electron chi connectivity index (χ1n) is 26.0. The van der Waals surface area contributed by atoms with Crippen molar-refractivity contribution in [2.75, 3.05) is 13.2 Å². The van der Waals surface area contributed by atoms with E-state index in [1.54, 1.807) is 6.92 Å². The summed E-state index contributed by atoms with van der Waals surface area (Å²) in [6.45, 7) is 19.9. The van der Waals surface area contributed by atoms with Gasteiger partial charge in [0.15, 0.2) is 24.8 Å². The van der Waals surface area contributed by atoms with Crippen LogP contribution in [-0.4, -0.2) is 169 Å². The van der Waals surface area contributed by atoms with Crippen LogP contribution in [0, 0.1) is 56.2 Å². The molecule has 70 heavy (non-hydrogen) atoms. The number of aliphatic hydroxyl groups excluding tert-OH is 9. The monoisotopic (exact) mass is 997 g/mol. The number of hydrogen-bond acceptors (Lipinski definition) is 18. The number of aliphatic hydroxyl groups is 9. The van der Waals surface area contributed by atoms with Crippen LogP contribution in [0.1, 0.15) is 133 Å². The molecule has 3 saturated heterocycles. The Morgan fingerprint density at radius 2 is 1.40 bits per heavy atom. The third-order valence-electron chi connectivity index (χ3n) is 19.6. The molecular weight excluding hydrogens is 913 g/mol. The van der Waals surface area contributed by atoms with E-state index in [0.29, 0.717) is 32.1 Å². The van der Waals surface area contributed by atoms with Crippen molar-refractivity contribution < 1.29 is 88.7 Å². The Kier molecular flexibility index (Phi) is 15.0. The van der Waals surface area contributed by atoms with Crippen LogP contribution in [0.3, 0.4) is 0 Å². The minimum Gasteiger partial charge on any atom is -0.456 e. The Morgan fingerprint density at radius 3 is 2.07 bits per heavy atom. The molecule has 400 valence electrons. The molecule has 0 aromatic heterocycles. The second-order valence-corrected chi connectivity index (χ2v) is 25.2. The van der Waals surface area contributed by atoms with Gasteiger partial charge in [-0.25, -0.2) is 0 Å². The lowest BCUT2D eigenvalue weighted by Gasteiger charge is -2.71. The molecule has 23 unspecified atom stereocenters. The van der Waals surface area contributed by atoms with Gasteiger partial charge in [0.1, 0.15) is 48.8 Å². The molecule has 3 heterocycles. The molecule has 8 rings (SSSR count). The molecule has 0 aromatic carbocycles. The van der Waals surface area contributed by atoms with Crippen LogP contribution in [0.15, 0.2) is 11.6 Å². The average molecular weight is 997 g/mol. The zero-order valence-electron chi connectivity index (χ0n) is 42.8. The van der Waals surface area contributed by atoms with E-state index < -0.39 is 133 Å². The summed E-state index contributed by atoms with van der Waals surface area (Å²) in [6.07, 6.45) is -13.8. The van der Waals surface area contributed by atoms with Gasteiger partial charge in [0.2, 0.25) is 6.29 Å². The van der Waals surface area contributed by atoms with Crippen molar-refractivity contribution in [1.29, 1.82) is 0 Å². The first-order valence-corrected chi connectivity index (χ1v) is 26.0. The van der Waals surface area contributed by atoms with Crippen molar-refractivity contribution >= 4 is 11.9 Å². The minimum atomic E-state index is -1.71. The SMILES string of the molecule is CC(C)CC(=O)OC1C(O)C(C)OC(OC(=O)C23CCC(C)(C)CC2C2=CCC4C5(C)CC(O)C(OC6OC(CO)C(O)C(O)C6OC6OCC(O)C(O)C6O)C(C)(C)C5CCC4(C)C2(C)CC3)C1O. The highest BCUT2D eigenvalue weighted by Gasteiger charge is 2.71. The number of hydrogen-bond donors (Lipinski definition) is 9. The summed E-state index contributed by atoms with van der Waals surface area (Å²) >= 11 is 0. The highest BCUT2D eigenvalue weighted by molar-refractivity contribution is 5.79. The van der Waals surface area contributed by atoms with E-state index in [2.05, 4.69) is 54.5 Å². The summed E-state index contributed by atoms with van der Waals surface area (Å²) in [7, 11) is 0. The number of rotatable bonds is 10. The molecule has 0 aromatic rings. The highest BCUT2D eigenvalue weighted by Crippen LogP contribution is 2.76. The van der Waals surface area contributed by atoms with Gasteiger partial charge in [-0.3, -0.25) is 9.59 Å². The van der Waals surface area contributed by atoms with Crippen LogP contribution in [0.4, 0.5) is 0 Å². The van der Waals surface area contributed by atoms with E-state index in [0.717, 1.165) is 25.7 Å². The molecule has 8 aliphatic rings. The van der Waals surface area contributed by atoms with Crippen molar-refractivity contribution in [2.45, 2.75) is 232 Å². The molecule has 4 saturated carbocycles. The molecule has 0 bridgehead atoms. The lowest BCUT2D eigenvalue weighted by molar-refractivity contribution is -0.375. The normalized spacial score (nSPS) is 50.9. The standard InChI is InChI=1S/C52H84O18/c1-24(2)19-33(56)67-40-34(57)25(3)65-44(39(40)62)70-46(63)52-17-15-47(4,5)20-27(52)26-11-12-32-49(8)21-28(54)42(48(6,7)31(49)13-14-51(32,10)50(26,9)16-18-52)69-45-41(37(60)36(59)30(22-53)66-45)68-43-38(61)35(58)29(55)23-64-43/h11,24-25,27-32,34-45,53-55,57-62H,12-23H2,1-10H3. The molecule has 18 nitrogen and oxygen atoms in total. The third kappa shape index (κ3) is 8.94. The number of carbonyl (C=O) groups is 2. The maximum Gasteiger partial charge on any atom is 0.315 e. The van der Waals surface area contributed by atoms with Gasteiger partial charge in [-0.15, -0.1) is 0 Å². The molecule has 18 heteroatoms. The van der Waals surface area contributed by atoms with Gasteiger partial charge in [0.25, 0.3) is 0 Å². The Balaban J connectivity index is 1.05. The van der Waals surface area contributed by atoms with Crippen molar-refractivity contribution in [3.8, 4) is 0 Å². The summed E-state index contributed by atoms with van der Waals surface area (Å²) in [4.78, 5) is 27.7. The van der Waals surface area contributed by atoms with Crippen LogP contribution >= 0.6 is 0 Å². The summed E-state index contributed by atoms with van der Waals surface area (Å²) in [5, 5.41) is 98.4. The summed E-state index contributed by atoms with van der Waals surface area (Å²) in [6, 6.07) is 0. The Hall–Kier alpha value is -1.88.